The predicted molar refractivity (Wildman–Crippen MR) is 79.6 cm³/mol. The Hall–Kier alpha value is -1.17. The number of rotatable bonds is 6. The summed E-state index contributed by atoms with van der Waals surface area (Å²) in [6.07, 6.45) is 0.362. The van der Waals surface area contributed by atoms with Crippen molar-refractivity contribution >= 4 is 28.6 Å². The van der Waals surface area contributed by atoms with E-state index in [1.165, 1.54) is 17.6 Å². The first-order valence-electron chi connectivity index (χ1n) is 6.09. The lowest BCUT2D eigenvalue weighted by Crippen LogP contribution is -2.16. The van der Waals surface area contributed by atoms with E-state index in [-0.39, 0.29) is 5.97 Å². The van der Waals surface area contributed by atoms with Crippen molar-refractivity contribution in [3.63, 3.8) is 0 Å². The van der Waals surface area contributed by atoms with Gasteiger partial charge in [-0.05, 0) is 41.4 Å². The van der Waals surface area contributed by atoms with Gasteiger partial charge in [-0.25, -0.2) is 0 Å². The zero-order chi connectivity index (χ0) is 13.7. The lowest BCUT2D eigenvalue weighted by Gasteiger charge is -2.11. The molecule has 2 aromatic heterocycles. The molecule has 0 fully saturated rings. The van der Waals surface area contributed by atoms with Crippen LogP contribution in [-0.4, -0.2) is 13.1 Å². The number of nitrogens with one attached hydrogen (secondary N) is 1. The number of esters is 1. The smallest absolute Gasteiger partial charge is 0.310 e. The summed E-state index contributed by atoms with van der Waals surface area (Å²) in [5, 5.41) is 7.73. The number of thiophene rings is 2. The first-order valence-corrected chi connectivity index (χ1v) is 7.85. The molecule has 2 aromatic rings. The molecule has 1 atom stereocenters. The summed E-state index contributed by atoms with van der Waals surface area (Å²) in [6, 6.07) is 6.54. The molecule has 2 heterocycles. The first kappa shape index (κ1) is 14.2. The minimum atomic E-state index is -0.187. The average Bonchev–Trinajstić information content (AvgIpc) is 3.07. The fraction of sp³-hybridized carbons (Fsp3) is 0.357. The van der Waals surface area contributed by atoms with Gasteiger partial charge in [-0.3, -0.25) is 4.79 Å². The zero-order valence-electron chi connectivity index (χ0n) is 11.0. The van der Waals surface area contributed by atoms with Gasteiger partial charge in [0.25, 0.3) is 0 Å². The second-order valence-electron chi connectivity index (χ2n) is 4.28. The van der Waals surface area contributed by atoms with Gasteiger partial charge >= 0.3 is 5.97 Å². The van der Waals surface area contributed by atoms with Gasteiger partial charge in [-0.1, -0.05) is 0 Å². The van der Waals surface area contributed by atoms with E-state index in [0.717, 1.165) is 11.4 Å². The SMILES string of the molecule is COC(=O)Cc1ccc(CNC(C)c2ccsc2)s1. The van der Waals surface area contributed by atoms with Crippen molar-refractivity contribution in [2.45, 2.75) is 25.9 Å². The summed E-state index contributed by atoms with van der Waals surface area (Å²) >= 11 is 3.37. The van der Waals surface area contributed by atoms with E-state index in [1.807, 2.05) is 6.07 Å². The van der Waals surface area contributed by atoms with Gasteiger partial charge < -0.3 is 10.1 Å². The maximum Gasteiger partial charge on any atom is 0.310 e. The molecule has 0 aliphatic carbocycles. The average molecular weight is 295 g/mol. The Morgan fingerprint density at radius 1 is 1.37 bits per heavy atom. The van der Waals surface area contributed by atoms with Crippen LogP contribution in [0.3, 0.4) is 0 Å². The normalized spacial score (nSPS) is 12.3. The van der Waals surface area contributed by atoms with Crippen LogP contribution in [0, 0.1) is 0 Å². The van der Waals surface area contributed by atoms with Crippen molar-refractivity contribution in [1.29, 1.82) is 0 Å². The molecule has 0 aliphatic rings. The predicted octanol–water partition coefficient (Wildman–Crippen LogP) is 3.38. The molecule has 0 saturated heterocycles. The van der Waals surface area contributed by atoms with Crippen LogP contribution in [0.4, 0.5) is 0 Å². The van der Waals surface area contributed by atoms with Gasteiger partial charge in [-0.2, -0.15) is 11.3 Å². The highest BCUT2D eigenvalue weighted by molar-refractivity contribution is 7.12. The van der Waals surface area contributed by atoms with E-state index in [0.29, 0.717) is 12.5 Å². The molecule has 102 valence electrons. The molecule has 0 radical (unpaired) electrons. The highest BCUT2D eigenvalue weighted by Crippen LogP contribution is 2.20. The van der Waals surface area contributed by atoms with Gasteiger partial charge in [-0.15, -0.1) is 11.3 Å². The number of hydrogen-bond donors (Lipinski definition) is 1. The molecule has 19 heavy (non-hydrogen) atoms. The summed E-state index contributed by atoms with van der Waals surface area (Å²) in [7, 11) is 1.42. The largest absolute Gasteiger partial charge is 0.469 e. The van der Waals surface area contributed by atoms with Crippen molar-refractivity contribution in [3.05, 3.63) is 44.3 Å². The first-order chi connectivity index (χ1) is 9.19. The molecule has 0 amide bonds. The van der Waals surface area contributed by atoms with Crippen molar-refractivity contribution < 1.29 is 9.53 Å². The third-order valence-corrected chi connectivity index (χ3v) is 4.68. The Morgan fingerprint density at radius 3 is 2.84 bits per heavy atom. The summed E-state index contributed by atoms with van der Waals surface area (Å²) < 4.78 is 4.66. The number of carbonyl (C=O) groups excluding carboxylic acids is 1. The van der Waals surface area contributed by atoms with Gasteiger partial charge in [0.15, 0.2) is 0 Å². The summed E-state index contributed by atoms with van der Waals surface area (Å²) in [5.41, 5.74) is 1.32. The molecule has 2 rings (SSSR count). The second kappa shape index (κ2) is 6.84. The van der Waals surface area contributed by atoms with Crippen molar-refractivity contribution in [1.82, 2.24) is 5.32 Å². The van der Waals surface area contributed by atoms with Crippen molar-refractivity contribution in [2.75, 3.05) is 7.11 Å². The van der Waals surface area contributed by atoms with Crippen LogP contribution in [0.2, 0.25) is 0 Å². The third-order valence-electron chi connectivity index (χ3n) is 2.89. The summed E-state index contributed by atoms with van der Waals surface area (Å²) in [5.74, 6) is -0.187. The fourth-order valence-electron chi connectivity index (χ4n) is 1.72. The van der Waals surface area contributed by atoms with E-state index in [9.17, 15) is 4.79 Å². The maximum absolute atomic E-state index is 11.2. The molecule has 1 N–H and O–H groups in total. The van der Waals surface area contributed by atoms with E-state index >= 15 is 0 Å². The van der Waals surface area contributed by atoms with Crippen LogP contribution in [-0.2, 0) is 22.5 Å². The Labute approximate surface area is 121 Å². The number of ether oxygens (including phenoxy) is 1. The zero-order valence-corrected chi connectivity index (χ0v) is 12.6. The minimum Gasteiger partial charge on any atom is -0.469 e. The Balaban J connectivity index is 1.85. The standard InChI is InChI=1S/C14H17NO2S2/c1-10(11-5-6-18-9-11)15-8-13-4-3-12(19-13)7-14(16)17-2/h3-6,9-10,15H,7-8H2,1-2H3. The van der Waals surface area contributed by atoms with Crippen LogP contribution in [0.5, 0.6) is 0 Å². The quantitative estimate of drug-likeness (QED) is 0.830. The summed E-state index contributed by atoms with van der Waals surface area (Å²) in [6.45, 7) is 2.98. The molecule has 3 nitrogen and oxygen atoms in total. The van der Waals surface area contributed by atoms with Gasteiger partial charge in [0.05, 0.1) is 13.5 Å². The van der Waals surface area contributed by atoms with Crippen LogP contribution >= 0.6 is 22.7 Å². The molecule has 0 bridgehead atoms. The van der Waals surface area contributed by atoms with E-state index in [1.54, 1.807) is 22.7 Å². The van der Waals surface area contributed by atoms with Crippen molar-refractivity contribution in [3.8, 4) is 0 Å². The Morgan fingerprint density at radius 2 is 2.16 bits per heavy atom. The molecular formula is C14H17NO2S2. The minimum absolute atomic E-state index is 0.187. The van der Waals surface area contributed by atoms with Crippen LogP contribution in [0.15, 0.2) is 29.0 Å². The topological polar surface area (TPSA) is 38.3 Å². The van der Waals surface area contributed by atoms with Gasteiger partial charge in [0, 0.05) is 22.3 Å². The molecule has 0 aliphatic heterocycles. The van der Waals surface area contributed by atoms with E-state index in [2.05, 4.69) is 39.9 Å². The lowest BCUT2D eigenvalue weighted by atomic mass is 10.2. The van der Waals surface area contributed by atoms with E-state index < -0.39 is 0 Å². The molecular weight excluding hydrogens is 278 g/mol. The molecule has 0 aromatic carbocycles. The molecule has 0 spiro atoms. The van der Waals surface area contributed by atoms with Gasteiger partial charge in [0.1, 0.15) is 0 Å². The number of methoxy groups -OCH3 is 1. The Bertz CT molecular complexity index is 519. The van der Waals surface area contributed by atoms with Crippen LogP contribution in [0.1, 0.15) is 28.3 Å². The highest BCUT2D eigenvalue weighted by atomic mass is 32.1. The van der Waals surface area contributed by atoms with Crippen LogP contribution < -0.4 is 5.32 Å². The van der Waals surface area contributed by atoms with Gasteiger partial charge in [0.2, 0.25) is 0 Å². The highest BCUT2D eigenvalue weighted by Gasteiger charge is 2.08. The second-order valence-corrected chi connectivity index (χ2v) is 6.31. The van der Waals surface area contributed by atoms with E-state index in [4.69, 9.17) is 0 Å². The van der Waals surface area contributed by atoms with Crippen LogP contribution in [0.25, 0.3) is 0 Å². The lowest BCUT2D eigenvalue weighted by molar-refractivity contribution is -0.139. The maximum atomic E-state index is 11.2. The summed E-state index contributed by atoms with van der Waals surface area (Å²) in [4.78, 5) is 13.5. The number of carbonyl (C=O) groups is 1. The van der Waals surface area contributed by atoms with Crippen molar-refractivity contribution in [2.24, 2.45) is 0 Å². The monoisotopic (exact) mass is 295 g/mol. The fourth-order valence-corrected chi connectivity index (χ4v) is 3.43. The third kappa shape index (κ3) is 4.16. The molecule has 5 heteroatoms. The molecule has 1 unspecified atom stereocenters. The molecule has 0 saturated carbocycles. The Kier molecular flexibility index (Phi) is 5.13. The number of hydrogen-bond acceptors (Lipinski definition) is 5.